The molecule has 7 rings (SSSR count). The number of amides is 2. The fourth-order valence-corrected chi connectivity index (χ4v) is 7.79. The Bertz CT molecular complexity index is 1610. The maximum atomic E-state index is 12.6. The smallest absolute Gasteiger partial charge is 0.399 e. The van der Waals surface area contributed by atoms with Gasteiger partial charge in [0, 0.05) is 69.3 Å². The summed E-state index contributed by atoms with van der Waals surface area (Å²) in [6.45, 7) is 15.8. The van der Waals surface area contributed by atoms with Crippen LogP contribution in [0.3, 0.4) is 0 Å². The molecule has 0 radical (unpaired) electrons. The fraction of sp³-hybridized carbons (Fsp3) is 0.571. The van der Waals surface area contributed by atoms with Crippen LogP contribution < -0.4 is 20.6 Å². The molecule has 4 aliphatic rings. The lowest BCUT2D eigenvalue weighted by molar-refractivity contribution is -0.134. The molecule has 4 fully saturated rings. The lowest BCUT2D eigenvalue weighted by Gasteiger charge is -2.46. The van der Waals surface area contributed by atoms with Crippen LogP contribution in [0, 0.1) is 0 Å². The first kappa shape index (κ1) is 31.2. The van der Waals surface area contributed by atoms with Crippen LogP contribution in [0.2, 0.25) is 0 Å². The van der Waals surface area contributed by atoms with Crippen LogP contribution >= 0.6 is 0 Å². The van der Waals surface area contributed by atoms with Crippen molar-refractivity contribution < 1.29 is 18.9 Å². The average molecular weight is 627 g/mol. The first-order chi connectivity index (χ1) is 21.9. The van der Waals surface area contributed by atoms with E-state index < -0.39 is 5.92 Å². The second-order valence-corrected chi connectivity index (χ2v) is 14.6. The molecule has 1 unspecified atom stereocenters. The summed E-state index contributed by atoms with van der Waals surface area (Å²) in [5, 5.41) is 8.30. The summed E-state index contributed by atoms with van der Waals surface area (Å²) in [6, 6.07) is 16.0. The number of imide groups is 1. The van der Waals surface area contributed by atoms with Crippen LogP contribution in [0.15, 0.2) is 42.5 Å². The summed E-state index contributed by atoms with van der Waals surface area (Å²) in [4.78, 5) is 32.1. The van der Waals surface area contributed by atoms with Crippen molar-refractivity contribution in [1.82, 2.24) is 20.0 Å². The van der Waals surface area contributed by atoms with Gasteiger partial charge in [0.15, 0.2) is 0 Å². The molecule has 4 aliphatic heterocycles. The molecule has 2 amide bonds. The van der Waals surface area contributed by atoms with E-state index in [4.69, 9.17) is 14.4 Å². The van der Waals surface area contributed by atoms with E-state index in [0.29, 0.717) is 24.9 Å². The lowest BCUT2D eigenvalue weighted by Crippen LogP contribution is -2.57. The van der Waals surface area contributed by atoms with E-state index >= 15 is 0 Å². The van der Waals surface area contributed by atoms with Crippen LogP contribution in [0.25, 0.3) is 10.9 Å². The van der Waals surface area contributed by atoms with E-state index in [2.05, 4.69) is 97.1 Å². The topological polar surface area (TPSA) is 92.2 Å². The first-order valence-corrected chi connectivity index (χ1v) is 16.9. The number of fused-ring (bicyclic) bond motifs is 1. The van der Waals surface area contributed by atoms with Gasteiger partial charge in [-0.2, -0.15) is 5.10 Å². The third-order valence-corrected chi connectivity index (χ3v) is 11.2. The molecule has 2 aromatic carbocycles. The summed E-state index contributed by atoms with van der Waals surface area (Å²) in [7, 11) is 1.62. The van der Waals surface area contributed by atoms with E-state index in [1.807, 2.05) is 11.7 Å². The molecular weight excluding hydrogens is 579 g/mol. The number of carbonyl (C=O) groups excluding carboxylic acids is 2. The highest BCUT2D eigenvalue weighted by atomic mass is 16.7. The maximum Gasteiger partial charge on any atom is 0.494 e. The SMILES string of the molecule is C[C@H]1CN(C2CCN(c3cccc4c(C5CCC(=O)NC5=O)nn(C)c34)CC2)CCN1c1ccc(B2OC(C)(C)C(C)(C)O2)cc1. The first-order valence-electron chi connectivity index (χ1n) is 16.9. The van der Waals surface area contributed by atoms with Gasteiger partial charge in [0.05, 0.1) is 34.0 Å². The standard InChI is InChI=1S/C35H47BN6O4/c1-23-22-41(20-21-42(23)26-12-10-24(11-13-26)36-45-34(2,3)35(4,5)46-36)25-16-18-40(19-17-25)29-9-7-8-27-31(38-39(6)32(27)29)28-14-15-30(43)37-33(28)44/h7-13,23,25,28H,14-22H2,1-6H3,(H,37,43,44)/t23-,28?/m0/s1. The largest absolute Gasteiger partial charge is 0.494 e. The van der Waals surface area contributed by atoms with Crippen molar-refractivity contribution in [3.63, 3.8) is 0 Å². The number of para-hydroxylation sites is 1. The normalized spacial score (nSPS) is 25.8. The Hall–Kier alpha value is -3.41. The third kappa shape index (κ3) is 5.50. The number of hydrogen-bond acceptors (Lipinski definition) is 8. The number of nitrogens with one attached hydrogen (secondary N) is 1. The molecule has 1 aromatic heterocycles. The maximum absolute atomic E-state index is 12.6. The molecule has 10 nitrogen and oxygen atoms in total. The highest BCUT2D eigenvalue weighted by Crippen LogP contribution is 2.38. The summed E-state index contributed by atoms with van der Waals surface area (Å²) >= 11 is 0. The monoisotopic (exact) mass is 626 g/mol. The van der Waals surface area contributed by atoms with Crippen LogP contribution in [0.5, 0.6) is 0 Å². The second kappa shape index (κ2) is 11.7. The zero-order chi connectivity index (χ0) is 32.4. The molecule has 0 saturated carbocycles. The quantitative estimate of drug-likeness (QED) is 0.340. The number of aromatic nitrogens is 2. The molecule has 11 heteroatoms. The van der Waals surface area contributed by atoms with Gasteiger partial charge in [-0.3, -0.25) is 24.5 Å². The zero-order valence-electron chi connectivity index (χ0n) is 28.1. The van der Waals surface area contributed by atoms with Crippen molar-refractivity contribution in [3.8, 4) is 0 Å². The predicted molar refractivity (Wildman–Crippen MR) is 182 cm³/mol. The highest BCUT2D eigenvalue weighted by Gasteiger charge is 2.51. The van der Waals surface area contributed by atoms with Crippen molar-refractivity contribution in [1.29, 1.82) is 0 Å². The number of anilines is 2. The summed E-state index contributed by atoms with van der Waals surface area (Å²) < 4.78 is 14.4. The third-order valence-electron chi connectivity index (χ3n) is 11.2. The van der Waals surface area contributed by atoms with E-state index in [9.17, 15) is 9.59 Å². The minimum Gasteiger partial charge on any atom is -0.399 e. The van der Waals surface area contributed by atoms with Gasteiger partial charge >= 0.3 is 7.12 Å². The van der Waals surface area contributed by atoms with Crippen LogP contribution in [-0.2, 0) is 25.9 Å². The van der Waals surface area contributed by atoms with E-state index in [1.54, 1.807) is 0 Å². The van der Waals surface area contributed by atoms with E-state index in [-0.39, 0.29) is 30.1 Å². The summed E-state index contributed by atoms with van der Waals surface area (Å²) in [5.74, 6) is -0.833. The van der Waals surface area contributed by atoms with Gasteiger partial charge in [-0.05, 0) is 77.5 Å². The van der Waals surface area contributed by atoms with Crippen molar-refractivity contribution in [2.45, 2.75) is 89.5 Å². The van der Waals surface area contributed by atoms with E-state index in [1.165, 1.54) is 11.4 Å². The van der Waals surface area contributed by atoms with Crippen LogP contribution in [0.1, 0.15) is 71.9 Å². The van der Waals surface area contributed by atoms with Crippen molar-refractivity contribution in [2.75, 3.05) is 42.5 Å². The van der Waals surface area contributed by atoms with Crippen LogP contribution in [-0.4, -0.2) is 89.6 Å². The summed E-state index contributed by atoms with van der Waals surface area (Å²) in [5.41, 5.74) is 4.64. The van der Waals surface area contributed by atoms with Gasteiger partial charge in [-0.1, -0.05) is 24.3 Å². The van der Waals surface area contributed by atoms with Crippen molar-refractivity contribution in [2.24, 2.45) is 7.05 Å². The van der Waals surface area contributed by atoms with E-state index in [0.717, 1.165) is 67.6 Å². The minimum atomic E-state index is -0.392. The van der Waals surface area contributed by atoms with Gasteiger partial charge in [0.1, 0.15) is 0 Å². The highest BCUT2D eigenvalue weighted by molar-refractivity contribution is 6.62. The van der Waals surface area contributed by atoms with Crippen LogP contribution in [0.4, 0.5) is 11.4 Å². The summed E-state index contributed by atoms with van der Waals surface area (Å²) in [6.07, 6.45) is 3.08. The molecule has 0 spiro atoms. The fourth-order valence-electron chi connectivity index (χ4n) is 7.79. The van der Waals surface area contributed by atoms with Gasteiger partial charge in [0.2, 0.25) is 11.8 Å². The molecule has 5 heterocycles. The average Bonchev–Trinajstić information content (AvgIpc) is 3.48. The Morgan fingerprint density at radius 1 is 0.913 bits per heavy atom. The molecule has 3 aromatic rings. The number of aryl methyl sites for hydroxylation is 1. The second-order valence-electron chi connectivity index (χ2n) is 14.6. The Balaban J connectivity index is 0.973. The Labute approximate surface area is 272 Å². The molecule has 46 heavy (non-hydrogen) atoms. The number of piperidine rings is 2. The zero-order valence-corrected chi connectivity index (χ0v) is 28.1. The Morgan fingerprint density at radius 3 is 2.26 bits per heavy atom. The number of hydrogen-bond donors (Lipinski definition) is 1. The van der Waals surface area contributed by atoms with Gasteiger partial charge < -0.3 is 19.1 Å². The molecular formula is C35H47BN6O4. The number of rotatable bonds is 5. The van der Waals surface area contributed by atoms with Crippen molar-refractivity contribution in [3.05, 3.63) is 48.2 Å². The molecule has 2 atom stereocenters. The molecule has 244 valence electrons. The van der Waals surface area contributed by atoms with Crippen molar-refractivity contribution >= 4 is 46.7 Å². The predicted octanol–water partition coefficient (Wildman–Crippen LogP) is 3.57. The number of benzene rings is 2. The number of nitrogens with zero attached hydrogens (tertiary/aromatic N) is 5. The molecule has 1 N–H and O–H groups in total. The molecule has 0 bridgehead atoms. The van der Waals surface area contributed by atoms with Gasteiger partial charge in [0.25, 0.3) is 0 Å². The number of piperazine rings is 1. The molecule has 4 saturated heterocycles. The minimum absolute atomic E-state index is 0.200. The Kier molecular flexibility index (Phi) is 7.93. The Morgan fingerprint density at radius 2 is 1.61 bits per heavy atom. The van der Waals surface area contributed by atoms with Gasteiger partial charge in [-0.15, -0.1) is 0 Å². The van der Waals surface area contributed by atoms with Gasteiger partial charge in [-0.25, -0.2) is 0 Å². The number of carbonyl (C=O) groups is 2. The molecule has 0 aliphatic carbocycles. The lowest BCUT2D eigenvalue weighted by atomic mass is 9.79.